The van der Waals surface area contributed by atoms with Crippen molar-refractivity contribution in [1.29, 1.82) is 0 Å². The Morgan fingerprint density at radius 3 is 2.60 bits per heavy atom. The van der Waals surface area contributed by atoms with Gasteiger partial charge in [0, 0.05) is 25.2 Å². The predicted molar refractivity (Wildman–Crippen MR) is 65.1 cm³/mol. The lowest BCUT2D eigenvalue weighted by Crippen LogP contribution is -2.43. The van der Waals surface area contributed by atoms with Gasteiger partial charge in [-0.1, -0.05) is 13.3 Å². The van der Waals surface area contributed by atoms with Gasteiger partial charge in [0.15, 0.2) is 0 Å². The lowest BCUT2D eigenvalue weighted by molar-refractivity contribution is 0.150. The molecule has 1 aliphatic heterocycles. The average Bonchev–Trinajstić information content (AvgIpc) is 2.60. The Hall–Kier alpha value is -0.0800. The molecule has 0 bridgehead atoms. The third-order valence-electron chi connectivity index (χ3n) is 4.33. The van der Waals surface area contributed by atoms with Crippen LogP contribution in [0.5, 0.6) is 0 Å². The van der Waals surface area contributed by atoms with E-state index in [9.17, 15) is 0 Å². The number of hydrogen-bond acceptors (Lipinski definition) is 2. The molecule has 0 spiro atoms. The zero-order valence-corrected chi connectivity index (χ0v) is 10.6. The van der Waals surface area contributed by atoms with Crippen LogP contribution in [0.25, 0.3) is 0 Å². The lowest BCUT2D eigenvalue weighted by Gasteiger charge is -2.39. The second kappa shape index (κ2) is 4.42. The Bertz CT molecular complexity index is 209. The number of nitrogens with zero attached hydrogens (tertiary/aromatic N) is 1. The van der Waals surface area contributed by atoms with Crippen LogP contribution in [0.4, 0.5) is 0 Å². The Balaban J connectivity index is 1.68. The van der Waals surface area contributed by atoms with Crippen molar-refractivity contribution in [3.05, 3.63) is 0 Å². The smallest absolute Gasteiger partial charge is 0.0207 e. The van der Waals surface area contributed by atoms with Crippen LogP contribution in [0, 0.1) is 5.41 Å². The van der Waals surface area contributed by atoms with Crippen LogP contribution in [-0.2, 0) is 0 Å². The molecule has 2 rings (SSSR count). The van der Waals surface area contributed by atoms with E-state index in [2.05, 4.69) is 31.0 Å². The predicted octanol–water partition coefficient (Wildman–Crippen LogP) is 2.25. The summed E-state index contributed by atoms with van der Waals surface area (Å²) in [6.07, 6.45) is 5.65. The fraction of sp³-hybridized carbons (Fsp3) is 1.00. The molecule has 2 aliphatic rings. The monoisotopic (exact) mass is 210 g/mol. The molecule has 0 aromatic heterocycles. The maximum Gasteiger partial charge on any atom is 0.0207 e. The van der Waals surface area contributed by atoms with E-state index in [0.717, 1.165) is 12.1 Å². The topological polar surface area (TPSA) is 15.3 Å². The second-order valence-corrected chi connectivity index (χ2v) is 6.12. The molecule has 0 radical (unpaired) electrons. The van der Waals surface area contributed by atoms with E-state index >= 15 is 0 Å². The normalized spacial score (nSPS) is 30.8. The zero-order valence-electron chi connectivity index (χ0n) is 10.6. The first-order chi connectivity index (χ1) is 7.09. The first-order valence-corrected chi connectivity index (χ1v) is 6.56. The number of likely N-dealkylation sites (tertiary alicyclic amines) is 1. The van der Waals surface area contributed by atoms with Gasteiger partial charge in [0.2, 0.25) is 0 Å². The molecule has 1 heterocycles. The largest absolute Gasteiger partial charge is 0.312 e. The van der Waals surface area contributed by atoms with Crippen LogP contribution in [0.15, 0.2) is 0 Å². The summed E-state index contributed by atoms with van der Waals surface area (Å²) in [7, 11) is 0. The van der Waals surface area contributed by atoms with E-state index in [1.165, 1.54) is 45.3 Å². The summed E-state index contributed by atoms with van der Waals surface area (Å²) in [5.74, 6) is 0. The van der Waals surface area contributed by atoms with Crippen LogP contribution < -0.4 is 5.32 Å². The van der Waals surface area contributed by atoms with Crippen LogP contribution in [0.2, 0.25) is 0 Å². The minimum atomic E-state index is 0.630. The Morgan fingerprint density at radius 2 is 2.13 bits per heavy atom. The van der Waals surface area contributed by atoms with E-state index in [0.29, 0.717) is 5.41 Å². The molecule has 2 fully saturated rings. The molecule has 1 unspecified atom stereocenters. The standard InChI is InChI=1S/C13H26N2/c1-11(2)15-8-5-12(9-15)14-10-13(3)6-4-7-13/h11-12,14H,4-10H2,1-3H3. The second-order valence-electron chi connectivity index (χ2n) is 6.12. The summed E-state index contributed by atoms with van der Waals surface area (Å²) in [6, 6.07) is 1.47. The number of hydrogen-bond donors (Lipinski definition) is 1. The fourth-order valence-corrected chi connectivity index (χ4v) is 2.77. The van der Waals surface area contributed by atoms with Gasteiger partial charge in [-0.2, -0.15) is 0 Å². The SMILES string of the molecule is CC(C)N1CCC(NCC2(C)CCC2)C1. The van der Waals surface area contributed by atoms with Crippen LogP contribution >= 0.6 is 0 Å². The first kappa shape index (κ1) is 11.4. The van der Waals surface area contributed by atoms with Gasteiger partial charge in [-0.3, -0.25) is 4.90 Å². The summed E-state index contributed by atoms with van der Waals surface area (Å²) in [4.78, 5) is 2.58. The average molecular weight is 210 g/mol. The molecule has 0 aromatic carbocycles. The van der Waals surface area contributed by atoms with Gasteiger partial charge in [-0.05, 0) is 45.1 Å². The molecular weight excluding hydrogens is 184 g/mol. The summed E-state index contributed by atoms with van der Waals surface area (Å²) in [5, 5.41) is 3.77. The van der Waals surface area contributed by atoms with Gasteiger partial charge < -0.3 is 5.32 Å². The van der Waals surface area contributed by atoms with E-state index in [1.54, 1.807) is 0 Å². The maximum atomic E-state index is 3.77. The molecule has 1 atom stereocenters. The molecule has 1 saturated carbocycles. The molecule has 0 amide bonds. The fourth-order valence-electron chi connectivity index (χ4n) is 2.77. The van der Waals surface area contributed by atoms with Crippen molar-refractivity contribution >= 4 is 0 Å². The van der Waals surface area contributed by atoms with Gasteiger partial charge in [0.25, 0.3) is 0 Å². The quantitative estimate of drug-likeness (QED) is 0.765. The lowest BCUT2D eigenvalue weighted by atomic mass is 9.70. The highest BCUT2D eigenvalue weighted by molar-refractivity contribution is 4.89. The van der Waals surface area contributed by atoms with Crippen molar-refractivity contribution in [1.82, 2.24) is 10.2 Å². The highest BCUT2D eigenvalue weighted by Crippen LogP contribution is 2.39. The molecule has 2 nitrogen and oxygen atoms in total. The third-order valence-corrected chi connectivity index (χ3v) is 4.33. The van der Waals surface area contributed by atoms with Crippen molar-refractivity contribution in [2.45, 2.75) is 58.5 Å². The van der Waals surface area contributed by atoms with Gasteiger partial charge in [0.05, 0.1) is 0 Å². The summed E-state index contributed by atoms with van der Waals surface area (Å²) < 4.78 is 0. The molecule has 0 aromatic rings. The summed E-state index contributed by atoms with van der Waals surface area (Å²) in [5.41, 5.74) is 0.630. The van der Waals surface area contributed by atoms with Crippen LogP contribution in [0.1, 0.15) is 46.5 Å². The van der Waals surface area contributed by atoms with Crippen LogP contribution in [0.3, 0.4) is 0 Å². The summed E-state index contributed by atoms with van der Waals surface area (Å²) >= 11 is 0. The minimum absolute atomic E-state index is 0.630. The van der Waals surface area contributed by atoms with Crippen molar-refractivity contribution in [3.8, 4) is 0 Å². The van der Waals surface area contributed by atoms with Gasteiger partial charge >= 0.3 is 0 Å². The maximum absolute atomic E-state index is 3.77. The van der Waals surface area contributed by atoms with E-state index < -0.39 is 0 Å². The molecule has 1 N–H and O–H groups in total. The Kier molecular flexibility index (Phi) is 3.36. The van der Waals surface area contributed by atoms with Crippen molar-refractivity contribution in [2.24, 2.45) is 5.41 Å². The number of rotatable bonds is 4. The Labute approximate surface area is 94.4 Å². The van der Waals surface area contributed by atoms with Crippen molar-refractivity contribution in [3.63, 3.8) is 0 Å². The Morgan fingerprint density at radius 1 is 1.40 bits per heavy atom. The van der Waals surface area contributed by atoms with E-state index in [1.807, 2.05) is 0 Å². The van der Waals surface area contributed by atoms with E-state index in [-0.39, 0.29) is 0 Å². The van der Waals surface area contributed by atoms with Gasteiger partial charge in [0.1, 0.15) is 0 Å². The van der Waals surface area contributed by atoms with Crippen molar-refractivity contribution < 1.29 is 0 Å². The molecule has 15 heavy (non-hydrogen) atoms. The highest BCUT2D eigenvalue weighted by Gasteiger charge is 2.33. The van der Waals surface area contributed by atoms with Crippen LogP contribution in [-0.4, -0.2) is 36.6 Å². The highest BCUT2D eigenvalue weighted by atomic mass is 15.2. The molecule has 1 aliphatic carbocycles. The first-order valence-electron chi connectivity index (χ1n) is 6.56. The third kappa shape index (κ3) is 2.73. The van der Waals surface area contributed by atoms with Gasteiger partial charge in [-0.25, -0.2) is 0 Å². The molecule has 1 saturated heterocycles. The zero-order chi connectivity index (χ0) is 10.9. The molecular formula is C13H26N2. The molecule has 2 heteroatoms. The number of nitrogens with one attached hydrogen (secondary N) is 1. The van der Waals surface area contributed by atoms with Crippen molar-refractivity contribution in [2.75, 3.05) is 19.6 Å². The molecule has 88 valence electrons. The summed E-state index contributed by atoms with van der Waals surface area (Å²) in [6.45, 7) is 10.8. The minimum Gasteiger partial charge on any atom is -0.312 e. The van der Waals surface area contributed by atoms with E-state index in [4.69, 9.17) is 0 Å². The van der Waals surface area contributed by atoms with Gasteiger partial charge in [-0.15, -0.1) is 0 Å².